The van der Waals surface area contributed by atoms with Crippen molar-refractivity contribution < 1.29 is 17.7 Å². The normalized spacial score (nSPS) is 15.4. The van der Waals surface area contributed by atoms with Crippen LogP contribution in [0.1, 0.15) is 47.3 Å². The highest BCUT2D eigenvalue weighted by molar-refractivity contribution is 7.89. The van der Waals surface area contributed by atoms with E-state index in [1.165, 1.54) is 4.31 Å². The van der Waals surface area contributed by atoms with Crippen molar-refractivity contribution in [1.29, 1.82) is 0 Å². The second kappa shape index (κ2) is 8.92. The molecule has 4 rings (SSSR count). The number of aromatic nitrogens is 3. The van der Waals surface area contributed by atoms with Gasteiger partial charge in [-0.2, -0.15) is 9.40 Å². The number of carbonyl (C=O) groups excluding carboxylic acids is 1. The lowest BCUT2D eigenvalue weighted by Crippen LogP contribution is -2.50. The first-order valence-electron chi connectivity index (χ1n) is 10.7. The van der Waals surface area contributed by atoms with Gasteiger partial charge in [-0.25, -0.2) is 13.1 Å². The largest absolute Gasteiger partial charge is 0.360 e. The van der Waals surface area contributed by atoms with Crippen LogP contribution in [-0.2, 0) is 10.0 Å². The van der Waals surface area contributed by atoms with Crippen LogP contribution in [0.4, 0.5) is 0 Å². The average molecular weight is 492 g/mol. The van der Waals surface area contributed by atoms with E-state index in [0.717, 1.165) is 11.4 Å². The van der Waals surface area contributed by atoms with Crippen LogP contribution in [0, 0.1) is 13.8 Å². The summed E-state index contributed by atoms with van der Waals surface area (Å²) in [5, 5.41) is 8.84. The molecule has 1 aliphatic rings. The molecule has 11 heteroatoms. The summed E-state index contributed by atoms with van der Waals surface area (Å²) in [7, 11) is -3.74. The molecule has 1 saturated heterocycles. The topological polar surface area (TPSA) is 102 Å². The van der Waals surface area contributed by atoms with Gasteiger partial charge in [0, 0.05) is 31.2 Å². The van der Waals surface area contributed by atoms with Crippen LogP contribution in [0.2, 0.25) is 5.02 Å². The van der Waals surface area contributed by atoms with Gasteiger partial charge in [-0.05, 0) is 44.0 Å². The van der Waals surface area contributed by atoms with E-state index in [0.29, 0.717) is 16.3 Å². The number of halogens is 1. The molecule has 0 saturated carbocycles. The highest BCUT2D eigenvalue weighted by atomic mass is 35.5. The fourth-order valence-corrected chi connectivity index (χ4v) is 5.98. The van der Waals surface area contributed by atoms with Gasteiger partial charge in [-0.3, -0.25) is 4.79 Å². The number of sulfonamides is 1. The Balaban J connectivity index is 1.54. The zero-order chi connectivity index (χ0) is 23.9. The van der Waals surface area contributed by atoms with Gasteiger partial charge in [0.05, 0.1) is 23.1 Å². The second-order valence-electron chi connectivity index (χ2n) is 8.34. The standard InChI is InChI=1S/C22H26ClN5O4S/c1-14(2)20-19(13-24-28(20)18-7-5-17(23)6-8-18)22(29)26-9-11-27(12-10-26)33(30,31)21-15(3)25-32-16(21)4/h5-8,13-14H,9-12H2,1-4H3. The van der Waals surface area contributed by atoms with Crippen molar-refractivity contribution in [3.63, 3.8) is 0 Å². The predicted octanol–water partition coefficient (Wildman–Crippen LogP) is 3.40. The fraction of sp³-hybridized carbons (Fsp3) is 0.409. The van der Waals surface area contributed by atoms with Crippen LogP contribution in [0.3, 0.4) is 0 Å². The smallest absolute Gasteiger partial charge is 0.257 e. The molecule has 0 radical (unpaired) electrons. The summed E-state index contributed by atoms with van der Waals surface area (Å²) >= 11 is 6.01. The SMILES string of the molecule is Cc1noc(C)c1S(=O)(=O)N1CCN(C(=O)c2cnn(-c3ccc(Cl)cc3)c2C(C)C)CC1. The van der Waals surface area contributed by atoms with Gasteiger partial charge >= 0.3 is 0 Å². The Kier molecular flexibility index (Phi) is 6.35. The molecule has 33 heavy (non-hydrogen) atoms. The third kappa shape index (κ3) is 4.30. The number of hydrogen-bond donors (Lipinski definition) is 0. The molecule has 9 nitrogen and oxygen atoms in total. The van der Waals surface area contributed by atoms with Crippen LogP contribution in [0.15, 0.2) is 39.9 Å². The Morgan fingerprint density at radius 2 is 1.73 bits per heavy atom. The molecule has 0 N–H and O–H groups in total. The molecule has 3 aromatic rings. The Bertz CT molecular complexity index is 1250. The van der Waals surface area contributed by atoms with E-state index in [9.17, 15) is 13.2 Å². The number of hydrogen-bond acceptors (Lipinski definition) is 6. The van der Waals surface area contributed by atoms with E-state index < -0.39 is 10.0 Å². The molecular formula is C22H26ClN5O4S. The first-order valence-corrected chi connectivity index (χ1v) is 12.5. The quantitative estimate of drug-likeness (QED) is 0.542. The summed E-state index contributed by atoms with van der Waals surface area (Å²) in [4.78, 5) is 15.2. The van der Waals surface area contributed by atoms with Crippen LogP contribution >= 0.6 is 11.6 Å². The highest BCUT2D eigenvalue weighted by Crippen LogP contribution is 2.27. The van der Waals surface area contributed by atoms with Crippen LogP contribution in [0.25, 0.3) is 5.69 Å². The number of piperazine rings is 1. The second-order valence-corrected chi connectivity index (χ2v) is 10.6. The molecule has 1 aromatic carbocycles. The highest BCUT2D eigenvalue weighted by Gasteiger charge is 2.35. The van der Waals surface area contributed by atoms with E-state index in [1.807, 2.05) is 26.0 Å². The van der Waals surface area contributed by atoms with E-state index >= 15 is 0 Å². The zero-order valence-electron chi connectivity index (χ0n) is 18.9. The van der Waals surface area contributed by atoms with Gasteiger partial charge in [0.25, 0.3) is 5.91 Å². The summed E-state index contributed by atoms with van der Waals surface area (Å²) in [5.41, 5.74) is 2.47. The number of amides is 1. The van der Waals surface area contributed by atoms with Crippen molar-refractivity contribution in [2.45, 2.75) is 38.5 Å². The zero-order valence-corrected chi connectivity index (χ0v) is 20.5. The summed E-state index contributed by atoms with van der Waals surface area (Å²) in [6, 6.07) is 7.27. The Labute approximate surface area is 198 Å². The minimum atomic E-state index is -3.74. The van der Waals surface area contributed by atoms with Crippen molar-refractivity contribution in [3.8, 4) is 5.69 Å². The lowest BCUT2D eigenvalue weighted by molar-refractivity contribution is 0.0696. The average Bonchev–Trinajstić information content (AvgIpc) is 3.37. The summed E-state index contributed by atoms with van der Waals surface area (Å²) < 4.78 is 34.3. The maximum absolute atomic E-state index is 13.4. The van der Waals surface area contributed by atoms with E-state index in [4.69, 9.17) is 16.1 Å². The molecule has 1 amide bonds. The number of benzene rings is 1. The molecule has 1 fully saturated rings. The first-order chi connectivity index (χ1) is 15.6. The van der Waals surface area contributed by atoms with Crippen LogP contribution in [0.5, 0.6) is 0 Å². The molecule has 0 aliphatic carbocycles. The molecule has 0 atom stereocenters. The monoisotopic (exact) mass is 491 g/mol. The molecule has 0 bridgehead atoms. The fourth-order valence-electron chi connectivity index (χ4n) is 4.14. The van der Waals surface area contributed by atoms with Crippen LogP contribution in [-0.4, -0.2) is 64.6 Å². The number of carbonyl (C=O) groups is 1. The molecule has 176 valence electrons. The van der Waals surface area contributed by atoms with Gasteiger partial charge in [-0.1, -0.05) is 30.6 Å². The summed E-state index contributed by atoms with van der Waals surface area (Å²) in [6.07, 6.45) is 1.58. The van der Waals surface area contributed by atoms with E-state index in [2.05, 4.69) is 10.3 Å². The molecule has 0 spiro atoms. The van der Waals surface area contributed by atoms with Crippen molar-refractivity contribution >= 4 is 27.5 Å². The van der Waals surface area contributed by atoms with E-state index in [1.54, 1.807) is 41.8 Å². The van der Waals surface area contributed by atoms with Gasteiger partial charge in [0.15, 0.2) is 5.76 Å². The van der Waals surface area contributed by atoms with Gasteiger partial charge < -0.3 is 9.42 Å². The summed E-state index contributed by atoms with van der Waals surface area (Å²) in [5.74, 6) is 0.152. The molecule has 3 heterocycles. The number of nitrogens with zero attached hydrogens (tertiary/aromatic N) is 5. The van der Waals surface area contributed by atoms with Crippen molar-refractivity contribution in [1.82, 2.24) is 24.1 Å². The third-order valence-corrected chi connectivity index (χ3v) is 8.14. The Hall–Kier alpha value is -2.69. The van der Waals surface area contributed by atoms with Crippen LogP contribution < -0.4 is 0 Å². The minimum absolute atomic E-state index is 0.0448. The number of aryl methyl sites for hydroxylation is 2. The molecule has 1 aliphatic heterocycles. The van der Waals surface area contributed by atoms with E-state index in [-0.39, 0.29) is 48.7 Å². The molecular weight excluding hydrogens is 466 g/mol. The minimum Gasteiger partial charge on any atom is -0.360 e. The maximum Gasteiger partial charge on any atom is 0.257 e. The van der Waals surface area contributed by atoms with Crippen molar-refractivity contribution in [3.05, 3.63) is 58.2 Å². The first kappa shape index (κ1) is 23.5. The lowest BCUT2D eigenvalue weighted by atomic mass is 10.0. The van der Waals surface area contributed by atoms with Gasteiger partial charge in [-0.15, -0.1) is 0 Å². The van der Waals surface area contributed by atoms with Gasteiger partial charge in [0.1, 0.15) is 10.6 Å². The molecule has 2 aromatic heterocycles. The predicted molar refractivity (Wildman–Crippen MR) is 123 cm³/mol. The number of rotatable bonds is 5. The Morgan fingerprint density at radius 1 is 1.09 bits per heavy atom. The van der Waals surface area contributed by atoms with Crippen molar-refractivity contribution in [2.75, 3.05) is 26.2 Å². The third-order valence-electron chi connectivity index (χ3n) is 5.75. The summed E-state index contributed by atoms with van der Waals surface area (Å²) in [6.45, 7) is 8.16. The lowest BCUT2D eigenvalue weighted by Gasteiger charge is -2.34. The molecule has 0 unspecified atom stereocenters. The maximum atomic E-state index is 13.4. The Morgan fingerprint density at radius 3 is 2.27 bits per heavy atom. The van der Waals surface area contributed by atoms with Gasteiger partial charge in [0.2, 0.25) is 10.0 Å². The van der Waals surface area contributed by atoms with Crippen molar-refractivity contribution in [2.24, 2.45) is 0 Å².